The molecule has 400 valence electrons. The molecule has 0 bridgehead atoms. The fraction of sp³-hybridized carbons (Fsp3) is 0.692. The summed E-state index contributed by atoms with van der Waals surface area (Å²) >= 11 is 0. The van der Waals surface area contributed by atoms with Crippen molar-refractivity contribution in [3.05, 3.63) is 109 Å². The molecule has 0 N–H and O–H groups in total. The van der Waals surface area contributed by atoms with Gasteiger partial charge in [0.15, 0.2) is 6.10 Å². The molecule has 0 aliphatic rings. The van der Waals surface area contributed by atoms with Crippen LogP contribution in [0.4, 0.5) is 0 Å². The predicted octanol–water partition coefficient (Wildman–Crippen LogP) is 20.3. The third-order valence-corrected chi connectivity index (χ3v) is 12.3. The largest absolute Gasteiger partial charge is 0.462 e. The number of hydrogen-bond acceptors (Lipinski definition) is 5. The molecule has 0 aliphatic carbocycles. The molecule has 5 heteroatoms. The third-order valence-electron chi connectivity index (χ3n) is 12.3. The summed E-state index contributed by atoms with van der Waals surface area (Å²) in [4.78, 5) is 25.5. The van der Waals surface area contributed by atoms with Crippen molar-refractivity contribution in [1.82, 2.24) is 0 Å². The predicted molar refractivity (Wildman–Crippen MR) is 306 cm³/mol. The Morgan fingerprint density at radius 2 is 0.671 bits per heavy atom. The zero-order valence-electron chi connectivity index (χ0n) is 46.0. The highest BCUT2D eigenvalue weighted by molar-refractivity contribution is 5.70. The molecule has 0 rings (SSSR count). The van der Waals surface area contributed by atoms with E-state index in [9.17, 15) is 9.59 Å². The lowest BCUT2D eigenvalue weighted by molar-refractivity contribution is -0.162. The Morgan fingerprint density at radius 1 is 0.329 bits per heavy atom. The number of unbranched alkanes of at least 4 members (excludes halogenated alkanes) is 24. The maximum atomic E-state index is 12.9. The maximum Gasteiger partial charge on any atom is 0.306 e. The first-order valence-electron chi connectivity index (χ1n) is 29.4. The van der Waals surface area contributed by atoms with Gasteiger partial charge in [0.25, 0.3) is 0 Å². The first-order chi connectivity index (χ1) is 34.6. The van der Waals surface area contributed by atoms with Crippen molar-refractivity contribution in [2.75, 3.05) is 19.8 Å². The van der Waals surface area contributed by atoms with Crippen LogP contribution >= 0.6 is 0 Å². The Bertz CT molecular complexity index is 1380. The van der Waals surface area contributed by atoms with E-state index in [1.807, 2.05) is 6.08 Å². The van der Waals surface area contributed by atoms with Gasteiger partial charge in [-0.15, -0.1) is 0 Å². The van der Waals surface area contributed by atoms with Gasteiger partial charge in [-0.1, -0.05) is 246 Å². The quantitative estimate of drug-likeness (QED) is 0.0345. The molecule has 0 aromatic carbocycles. The average molecular weight is 972 g/mol. The number of hydrogen-bond donors (Lipinski definition) is 0. The molecule has 0 amide bonds. The third kappa shape index (κ3) is 57.1. The van der Waals surface area contributed by atoms with Gasteiger partial charge >= 0.3 is 11.9 Å². The number of allylic oxidation sites excluding steroid dienone is 18. The van der Waals surface area contributed by atoms with Crippen molar-refractivity contribution >= 4 is 11.9 Å². The van der Waals surface area contributed by atoms with Gasteiger partial charge in [-0.2, -0.15) is 0 Å². The summed E-state index contributed by atoms with van der Waals surface area (Å²) in [7, 11) is 0. The minimum atomic E-state index is -0.580. The van der Waals surface area contributed by atoms with E-state index in [0.717, 1.165) is 83.5 Å². The molecule has 70 heavy (non-hydrogen) atoms. The smallest absolute Gasteiger partial charge is 0.306 e. The average Bonchev–Trinajstić information content (AvgIpc) is 3.36. The van der Waals surface area contributed by atoms with E-state index >= 15 is 0 Å². The van der Waals surface area contributed by atoms with Crippen molar-refractivity contribution < 1.29 is 23.8 Å². The first-order valence-corrected chi connectivity index (χ1v) is 29.4. The summed E-state index contributed by atoms with van der Waals surface area (Å²) in [6.07, 6.45) is 82.6. The molecule has 1 unspecified atom stereocenters. The standard InChI is InChI=1S/C65H110O5/c1-4-7-10-13-16-19-22-25-28-31-33-35-37-40-43-46-49-52-55-58-64(66)69-62-63(61-68-60-57-54-51-48-45-42-39-36-32-29-26-23-20-17-14-11-8-5-2)70-65(67)59-56-53-50-47-44-41-38-34-30-27-24-21-18-15-12-9-6-3/h7,10,16,18-19,21,25-30,33,35,40,43,49,52,63H,4-6,8-9,11-15,17,20,22-24,31-32,34,36-39,41-42,44-48,50-51,53-62H2,1-3H3/b10-7-,19-16-,21-18-,28-25-,29-26-,30-27-,35-33-,43-40-,52-49-. The Balaban J connectivity index is 4.42. The van der Waals surface area contributed by atoms with Crippen LogP contribution in [0.25, 0.3) is 0 Å². The van der Waals surface area contributed by atoms with Crippen molar-refractivity contribution in [3.63, 3.8) is 0 Å². The molecule has 0 aromatic heterocycles. The Morgan fingerprint density at radius 3 is 1.13 bits per heavy atom. The second-order valence-electron chi connectivity index (χ2n) is 19.2. The molecular weight excluding hydrogens is 861 g/mol. The Labute approximate surface area is 434 Å². The van der Waals surface area contributed by atoms with Crippen LogP contribution in [0, 0.1) is 0 Å². The van der Waals surface area contributed by atoms with Crippen LogP contribution in [0.2, 0.25) is 0 Å². The topological polar surface area (TPSA) is 61.8 Å². The normalized spacial score (nSPS) is 13.0. The highest BCUT2D eigenvalue weighted by atomic mass is 16.6. The van der Waals surface area contributed by atoms with Crippen molar-refractivity contribution in [1.29, 1.82) is 0 Å². The van der Waals surface area contributed by atoms with Gasteiger partial charge < -0.3 is 14.2 Å². The summed E-state index contributed by atoms with van der Waals surface area (Å²) in [6, 6.07) is 0. The van der Waals surface area contributed by atoms with Gasteiger partial charge in [0.1, 0.15) is 6.61 Å². The molecule has 0 radical (unpaired) electrons. The minimum Gasteiger partial charge on any atom is -0.462 e. The molecule has 0 spiro atoms. The molecule has 0 saturated carbocycles. The highest BCUT2D eigenvalue weighted by Gasteiger charge is 2.17. The summed E-state index contributed by atoms with van der Waals surface area (Å²) in [5.74, 6) is -0.503. The molecule has 0 fully saturated rings. The van der Waals surface area contributed by atoms with Gasteiger partial charge in [-0.3, -0.25) is 9.59 Å². The zero-order chi connectivity index (χ0) is 50.6. The molecule has 0 saturated heterocycles. The highest BCUT2D eigenvalue weighted by Crippen LogP contribution is 2.14. The second kappa shape index (κ2) is 59.9. The molecule has 1 atom stereocenters. The van der Waals surface area contributed by atoms with E-state index in [0.29, 0.717) is 25.9 Å². The maximum absolute atomic E-state index is 12.9. The molecule has 0 aromatic rings. The van der Waals surface area contributed by atoms with Crippen LogP contribution in [0.5, 0.6) is 0 Å². The molecule has 0 heterocycles. The van der Waals surface area contributed by atoms with Crippen LogP contribution in [0.3, 0.4) is 0 Å². The second-order valence-corrected chi connectivity index (χ2v) is 19.2. The molecular formula is C65H110O5. The number of carbonyl (C=O) groups excluding carboxylic acids is 2. The molecule has 0 aliphatic heterocycles. The summed E-state index contributed by atoms with van der Waals surface area (Å²) in [6.45, 7) is 7.60. The number of esters is 2. The number of carbonyl (C=O) groups is 2. The number of rotatable bonds is 53. The van der Waals surface area contributed by atoms with Crippen LogP contribution < -0.4 is 0 Å². The SMILES string of the molecule is CC/C=C\C/C=C\C/C=C\C/C=C\C/C=C\C/C=C\CCC(=O)OCC(COCCCCCCCCCC/C=C\CCCCCCCC)OC(=O)CCCCCCCCC/C=C\C/C=C\CCCCC. The van der Waals surface area contributed by atoms with E-state index < -0.39 is 6.10 Å². The van der Waals surface area contributed by atoms with Crippen molar-refractivity contribution in [2.45, 2.75) is 271 Å². The Kier molecular flexibility index (Phi) is 56.9. The van der Waals surface area contributed by atoms with E-state index in [1.165, 1.54) is 141 Å². The van der Waals surface area contributed by atoms with Crippen LogP contribution in [0.1, 0.15) is 265 Å². The fourth-order valence-corrected chi connectivity index (χ4v) is 7.91. The van der Waals surface area contributed by atoms with Crippen LogP contribution in [-0.2, 0) is 23.8 Å². The van der Waals surface area contributed by atoms with Crippen LogP contribution in [-0.4, -0.2) is 37.9 Å². The monoisotopic (exact) mass is 971 g/mol. The summed E-state index contributed by atoms with van der Waals surface area (Å²) < 4.78 is 17.4. The summed E-state index contributed by atoms with van der Waals surface area (Å²) in [5.41, 5.74) is 0. The van der Waals surface area contributed by atoms with Crippen molar-refractivity contribution in [3.8, 4) is 0 Å². The molecule has 5 nitrogen and oxygen atoms in total. The lowest BCUT2D eigenvalue weighted by Gasteiger charge is -2.18. The minimum absolute atomic E-state index is 0.0359. The lowest BCUT2D eigenvalue weighted by atomic mass is 10.1. The van der Waals surface area contributed by atoms with Gasteiger partial charge in [0.05, 0.1) is 6.61 Å². The first kappa shape index (κ1) is 66.6. The van der Waals surface area contributed by atoms with Gasteiger partial charge in [0.2, 0.25) is 0 Å². The van der Waals surface area contributed by atoms with Gasteiger partial charge in [-0.25, -0.2) is 0 Å². The Hall–Kier alpha value is -3.44. The zero-order valence-corrected chi connectivity index (χ0v) is 46.0. The fourth-order valence-electron chi connectivity index (χ4n) is 7.91. The van der Waals surface area contributed by atoms with Gasteiger partial charge in [-0.05, 0) is 116 Å². The van der Waals surface area contributed by atoms with E-state index in [2.05, 4.69) is 124 Å². The van der Waals surface area contributed by atoms with Gasteiger partial charge in [0, 0.05) is 19.4 Å². The number of ether oxygens (including phenoxy) is 3. The van der Waals surface area contributed by atoms with Crippen molar-refractivity contribution in [2.24, 2.45) is 0 Å². The van der Waals surface area contributed by atoms with E-state index in [4.69, 9.17) is 14.2 Å². The lowest BCUT2D eigenvalue weighted by Crippen LogP contribution is -2.30. The van der Waals surface area contributed by atoms with E-state index in [-0.39, 0.29) is 25.2 Å². The van der Waals surface area contributed by atoms with Crippen LogP contribution in [0.15, 0.2) is 109 Å². The summed E-state index contributed by atoms with van der Waals surface area (Å²) in [5, 5.41) is 0. The van der Waals surface area contributed by atoms with E-state index in [1.54, 1.807) is 0 Å².